The average Bonchev–Trinajstić information content (AvgIpc) is 2.53. The number of hydrogen-bond donors (Lipinski definition) is 1. The van der Waals surface area contributed by atoms with Gasteiger partial charge in [0.15, 0.2) is 0 Å². The summed E-state index contributed by atoms with van der Waals surface area (Å²) in [4.78, 5) is 16.0. The zero-order chi connectivity index (χ0) is 15.5. The molecule has 2 aromatic rings. The van der Waals surface area contributed by atoms with Crippen molar-refractivity contribution >= 4 is 27.5 Å². The van der Waals surface area contributed by atoms with Gasteiger partial charge in [-0.25, -0.2) is 0 Å². The van der Waals surface area contributed by atoms with E-state index >= 15 is 0 Å². The smallest absolute Gasteiger partial charge is 0.224 e. The maximum Gasteiger partial charge on any atom is 0.224 e. The van der Waals surface area contributed by atoms with Gasteiger partial charge in [-0.1, -0.05) is 28.9 Å². The van der Waals surface area contributed by atoms with Crippen LogP contribution in [0.4, 0.5) is 5.69 Å². The van der Waals surface area contributed by atoms with Gasteiger partial charge in [-0.15, -0.1) is 0 Å². The van der Waals surface area contributed by atoms with Crippen molar-refractivity contribution in [2.24, 2.45) is 0 Å². The maximum absolute atomic E-state index is 11.6. The zero-order valence-corrected chi connectivity index (χ0v) is 13.9. The van der Waals surface area contributed by atoms with Gasteiger partial charge < -0.3 is 10.1 Å². The number of pyridine rings is 1. The number of amides is 1. The number of carbonyl (C=O) groups excluding carboxylic acids is 1. The molecule has 4 nitrogen and oxygen atoms in total. The van der Waals surface area contributed by atoms with Crippen molar-refractivity contribution in [1.29, 1.82) is 0 Å². The molecule has 1 aliphatic rings. The van der Waals surface area contributed by atoms with Crippen LogP contribution in [0, 0.1) is 0 Å². The van der Waals surface area contributed by atoms with Crippen molar-refractivity contribution < 1.29 is 9.53 Å². The van der Waals surface area contributed by atoms with E-state index in [2.05, 4.69) is 39.2 Å². The molecule has 3 rings (SSSR count). The van der Waals surface area contributed by atoms with E-state index in [1.54, 1.807) is 0 Å². The molecular weight excluding hydrogens is 344 g/mol. The van der Waals surface area contributed by atoms with Crippen molar-refractivity contribution in [3.05, 3.63) is 51.8 Å². The third-order valence-electron chi connectivity index (χ3n) is 3.70. The van der Waals surface area contributed by atoms with E-state index in [4.69, 9.17) is 4.74 Å². The molecule has 0 atom stereocenters. The molecule has 1 aromatic carbocycles. The Morgan fingerprint density at radius 2 is 2.18 bits per heavy atom. The van der Waals surface area contributed by atoms with E-state index in [0.29, 0.717) is 18.8 Å². The van der Waals surface area contributed by atoms with Crippen molar-refractivity contribution in [3.63, 3.8) is 0 Å². The molecule has 1 amide bonds. The molecule has 0 saturated heterocycles. The quantitative estimate of drug-likeness (QED) is 0.900. The van der Waals surface area contributed by atoms with Gasteiger partial charge in [0.1, 0.15) is 12.4 Å². The Kier molecular flexibility index (Phi) is 4.43. The first-order valence-electron chi connectivity index (χ1n) is 7.34. The van der Waals surface area contributed by atoms with Crippen molar-refractivity contribution in [2.75, 3.05) is 5.32 Å². The minimum Gasteiger partial charge on any atom is -0.485 e. The first-order chi connectivity index (χ1) is 10.7. The summed E-state index contributed by atoms with van der Waals surface area (Å²) in [6.45, 7) is 2.48. The molecule has 1 aliphatic heterocycles. The van der Waals surface area contributed by atoms with Crippen LogP contribution in [0.15, 0.2) is 34.9 Å². The van der Waals surface area contributed by atoms with Crippen LogP contribution in [0.3, 0.4) is 0 Å². The van der Waals surface area contributed by atoms with Crippen molar-refractivity contribution in [2.45, 2.75) is 32.8 Å². The highest BCUT2D eigenvalue weighted by Gasteiger charge is 2.19. The third-order valence-corrected chi connectivity index (χ3v) is 4.16. The van der Waals surface area contributed by atoms with Gasteiger partial charge in [0.25, 0.3) is 0 Å². The number of nitrogens with one attached hydrogen (secondary N) is 1. The fourth-order valence-corrected chi connectivity index (χ4v) is 2.92. The van der Waals surface area contributed by atoms with E-state index in [0.717, 1.165) is 34.3 Å². The molecule has 5 heteroatoms. The maximum atomic E-state index is 11.6. The van der Waals surface area contributed by atoms with Crippen LogP contribution in [0.25, 0.3) is 0 Å². The van der Waals surface area contributed by atoms with E-state index in [9.17, 15) is 4.79 Å². The fourth-order valence-electron chi connectivity index (χ4n) is 2.44. The number of aryl methyl sites for hydroxylation is 2. The van der Waals surface area contributed by atoms with Crippen LogP contribution in [0.5, 0.6) is 5.75 Å². The lowest BCUT2D eigenvalue weighted by molar-refractivity contribution is -0.116. The molecule has 1 N–H and O–H groups in total. The van der Waals surface area contributed by atoms with Gasteiger partial charge in [0.2, 0.25) is 5.91 Å². The van der Waals surface area contributed by atoms with E-state index in [-0.39, 0.29) is 5.91 Å². The monoisotopic (exact) mass is 360 g/mol. The van der Waals surface area contributed by atoms with Crippen LogP contribution >= 0.6 is 15.9 Å². The van der Waals surface area contributed by atoms with E-state index in [1.165, 1.54) is 5.56 Å². The van der Waals surface area contributed by atoms with Crippen molar-refractivity contribution in [1.82, 2.24) is 4.98 Å². The number of carbonyl (C=O) groups is 1. The first-order valence-corrected chi connectivity index (χ1v) is 8.14. The second-order valence-corrected chi connectivity index (χ2v) is 6.20. The third kappa shape index (κ3) is 3.30. The van der Waals surface area contributed by atoms with E-state index in [1.807, 2.05) is 24.4 Å². The molecule has 0 radical (unpaired) electrons. The van der Waals surface area contributed by atoms with Gasteiger partial charge in [-0.2, -0.15) is 0 Å². The fraction of sp³-hybridized carbons (Fsp3) is 0.294. The molecule has 0 spiro atoms. The summed E-state index contributed by atoms with van der Waals surface area (Å²) in [5.41, 5.74) is 3.95. The van der Waals surface area contributed by atoms with Crippen LogP contribution in [0.2, 0.25) is 0 Å². The molecule has 1 aromatic heterocycles. The first kappa shape index (κ1) is 15.0. The second kappa shape index (κ2) is 6.48. The Morgan fingerprint density at radius 3 is 2.91 bits per heavy atom. The Hall–Kier alpha value is -1.88. The number of anilines is 1. The summed E-state index contributed by atoms with van der Waals surface area (Å²) in [5, 5.41) is 2.91. The molecular formula is C17H17BrN2O2. The summed E-state index contributed by atoms with van der Waals surface area (Å²) in [6.07, 6.45) is 4.10. The summed E-state index contributed by atoms with van der Waals surface area (Å²) in [7, 11) is 0. The lowest BCUT2D eigenvalue weighted by Gasteiger charge is -2.20. The molecule has 0 unspecified atom stereocenters. The second-order valence-electron chi connectivity index (χ2n) is 5.29. The highest BCUT2D eigenvalue weighted by Crippen LogP contribution is 2.36. The lowest BCUT2D eigenvalue weighted by Crippen LogP contribution is -2.20. The number of ether oxygens (including phenoxy) is 1. The number of halogens is 1. The highest BCUT2D eigenvalue weighted by atomic mass is 79.9. The van der Waals surface area contributed by atoms with Crippen LogP contribution < -0.4 is 10.1 Å². The Labute approximate surface area is 138 Å². The molecule has 0 fully saturated rings. The molecule has 0 saturated carbocycles. The molecule has 2 heterocycles. The van der Waals surface area contributed by atoms with Gasteiger partial charge in [0.05, 0.1) is 11.4 Å². The number of aromatic nitrogens is 1. The predicted molar refractivity (Wildman–Crippen MR) is 89.0 cm³/mol. The Morgan fingerprint density at radius 1 is 1.32 bits per heavy atom. The number of benzene rings is 1. The number of nitrogens with zero attached hydrogens (tertiary/aromatic N) is 1. The molecule has 22 heavy (non-hydrogen) atoms. The molecule has 0 bridgehead atoms. The van der Waals surface area contributed by atoms with Gasteiger partial charge in [-0.05, 0) is 42.2 Å². The van der Waals surface area contributed by atoms with Crippen LogP contribution in [-0.4, -0.2) is 10.9 Å². The number of hydrogen-bond acceptors (Lipinski definition) is 3. The minimum absolute atomic E-state index is 0.0325. The van der Waals surface area contributed by atoms with Crippen molar-refractivity contribution in [3.8, 4) is 5.75 Å². The van der Waals surface area contributed by atoms with Crippen LogP contribution in [0.1, 0.15) is 30.2 Å². The zero-order valence-electron chi connectivity index (χ0n) is 12.4. The summed E-state index contributed by atoms with van der Waals surface area (Å²) >= 11 is 3.49. The van der Waals surface area contributed by atoms with E-state index < -0.39 is 0 Å². The standard InChI is InChI=1S/C17H17BrN2O2/c1-2-11-3-5-14(19-9-11)10-22-15-8-13(18)7-12-4-6-16(21)20-17(12)15/h3,5,7-9H,2,4,6,10H2,1H3,(H,20,21). The summed E-state index contributed by atoms with van der Waals surface area (Å²) in [5.74, 6) is 0.712. The summed E-state index contributed by atoms with van der Waals surface area (Å²) < 4.78 is 6.84. The van der Waals surface area contributed by atoms with Gasteiger partial charge in [0, 0.05) is 17.1 Å². The largest absolute Gasteiger partial charge is 0.485 e. The van der Waals surface area contributed by atoms with Gasteiger partial charge >= 0.3 is 0 Å². The lowest BCUT2D eigenvalue weighted by atomic mass is 10.0. The number of fused-ring (bicyclic) bond motifs is 1. The highest BCUT2D eigenvalue weighted by molar-refractivity contribution is 9.10. The Bertz CT molecular complexity index is 699. The molecule has 0 aliphatic carbocycles. The van der Waals surface area contributed by atoms with Crippen LogP contribution in [-0.2, 0) is 24.2 Å². The molecule has 114 valence electrons. The SMILES string of the molecule is CCc1ccc(COc2cc(Br)cc3c2NC(=O)CC3)nc1. The van der Waals surface area contributed by atoms with Gasteiger partial charge in [-0.3, -0.25) is 9.78 Å². The normalized spacial score (nSPS) is 13.5. The average molecular weight is 361 g/mol. The predicted octanol–water partition coefficient (Wildman–Crippen LogP) is 3.87. The minimum atomic E-state index is 0.0325. The number of rotatable bonds is 4. The Balaban J connectivity index is 1.79. The topological polar surface area (TPSA) is 51.2 Å². The summed E-state index contributed by atoms with van der Waals surface area (Å²) in [6, 6.07) is 7.94.